The summed E-state index contributed by atoms with van der Waals surface area (Å²) in [6.07, 6.45) is 6.80. The second-order valence-corrected chi connectivity index (χ2v) is 6.74. The van der Waals surface area contributed by atoms with Gasteiger partial charge < -0.3 is 20.1 Å². The Morgan fingerprint density at radius 1 is 1.09 bits per heavy atom. The molecule has 32 heavy (non-hydrogen) atoms. The summed E-state index contributed by atoms with van der Waals surface area (Å²) >= 11 is 0. The third-order valence-corrected chi connectivity index (χ3v) is 4.80. The van der Waals surface area contributed by atoms with E-state index in [2.05, 4.69) is 27.2 Å². The van der Waals surface area contributed by atoms with Gasteiger partial charge in [-0.15, -0.1) is 0 Å². The van der Waals surface area contributed by atoms with E-state index >= 15 is 0 Å². The van der Waals surface area contributed by atoms with Gasteiger partial charge in [-0.1, -0.05) is 36.9 Å². The Labute approximate surface area is 187 Å². The lowest BCUT2D eigenvalue weighted by molar-refractivity contribution is -0.112. The molecule has 7 heteroatoms. The summed E-state index contributed by atoms with van der Waals surface area (Å²) < 4.78 is 10.9. The van der Waals surface area contributed by atoms with Crippen LogP contribution in [0.2, 0.25) is 0 Å². The molecule has 0 aliphatic carbocycles. The molecule has 164 valence electrons. The van der Waals surface area contributed by atoms with Crippen LogP contribution in [0.3, 0.4) is 0 Å². The topological polar surface area (TPSA) is 85.4 Å². The maximum atomic E-state index is 12.6. The van der Waals surface area contributed by atoms with Crippen molar-refractivity contribution in [2.75, 3.05) is 31.9 Å². The molecule has 1 aromatic heterocycles. The zero-order valence-corrected chi connectivity index (χ0v) is 18.6. The number of hydrogen-bond donors (Lipinski definition) is 2. The second-order valence-electron chi connectivity index (χ2n) is 6.74. The van der Waals surface area contributed by atoms with Crippen LogP contribution < -0.4 is 20.1 Å². The fourth-order valence-electron chi connectivity index (χ4n) is 3.21. The molecule has 2 aromatic carbocycles. The molecule has 0 spiro atoms. The van der Waals surface area contributed by atoms with Crippen molar-refractivity contribution in [3.63, 3.8) is 0 Å². The van der Waals surface area contributed by atoms with Crippen LogP contribution in [0.25, 0.3) is 22.2 Å². The van der Waals surface area contributed by atoms with Crippen LogP contribution in [-0.4, -0.2) is 37.1 Å². The fourth-order valence-corrected chi connectivity index (χ4v) is 3.21. The van der Waals surface area contributed by atoms with E-state index in [1.807, 2.05) is 43.3 Å². The predicted octanol–water partition coefficient (Wildman–Crippen LogP) is 4.98. The van der Waals surface area contributed by atoms with E-state index in [-0.39, 0.29) is 5.91 Å². The molecule has 0 aliphatic rings. The molecule has 0 radical (unpaired) electrons. The highest BCUT2D eigenvalue weighted by Gasteiger charge is 2.15. The van der Waals surface area contributed by atoms with Crippen LogP contribution >= 0.6 is 0 Å². The Morgan fingerprint density at radius 2 is 1.84 bits per heavy atom. The lowest BCUT2D eigenvalue weighted by Gasteiger charge is -2.13. The number of methoxy groups -OCH3 is 2. The van der Waals surface area contributed by atoms with E-state index in [0.717, 1.165) is 10.9 Å². The molecule has 1 heterocycles. The average molecular weight is 431 g/mol. The zero-order chi connectivity index (χ0) is 23.1. The maximum absolute atomic E-state index is 12.6. The lowest BCUT2D eigenvalue weighted by atomic mass is 10.0. The molecule has 0 saturated heterocycles. The van der Waals surface area contributed by atoms with Crippen LogP contribution in [0.4, 0.5) is 11.6 Å². The van der Waals surface area contributed by atoms with Crippen molar-refractivity contribution in [3.05, 3.63) is 72.9 Å². The van der Waals surface area contributed by atoms with Crippen molar-refractivity contribution in [2.45, 2.75) is 6.92 Å². The van der Waals surface area contributed by atoms with Gasteiger partial charge in [-0.3, -0.25) is 4.79 Å². The third kappa shape index (κ3) is 4.78. The number of ether oxygens (including phenoxy) is 2. The van der Waals surface area contributed by atoms with E-state index < -0.39 is 0 Å². The molecule has 3 aromatic rings. The van der Waals surface area contributed by atoms with Crippen molar-refractivity contribution in [1.29, 1.82) is 0 Å². The molecule has 7 nitrogen and oxygen atoms in total. The van der Waals surface area contributed by atoms with Gasteiger partial charge in [-0.05, 0) is 31.2 Å². The number of rotatable bonds is 8. The summed E-state index contributed by atoms with van der Waals surface area (Å²) in [4.78, 5) is 21.8. The smallest absolute Gasteiger partial charge is 0.255 e. The fraction of sp³-hybridized carbons (Fsp3) is 0.160. The summed E-state index contributed by atoms with van der Waals surface area (Å²) in [6.45, 7) is 5.45. The highest BCUT2D eigenvalue weighted by Crippen LogP contribution is 2.36. The number of hydrogen-bond acceptors (Lipinski definition) is 6. The molecule has 2 N–H and O–H groups in total. The molecule has 0 unspecified atom stereocenters. The summed E-state index contributed by atoms with van der Waals surface area (Å²) in [6, 6.07) is 11.2. The van der Waals surface area contributed by atoms with Gasteiger partial charge in [0.15, 0.2) is 11.5 Å². The quantitative estimate of drug-likeness (QED) is 0.387. The zero-order valence-electron chi connectivity index (χ0n) is 18.6. The number of carbonyl (C=O) groups excluding carboxylic acids is 1. The highest BCUT2D eigenvalue weighted by molar-refractivity contribution is 6.06. The number of amides is 1. The Hall–Kier alpha value is -4.13. The number of anilines is 2. The van der Waals surface area contributed by atoms with Gasteiger partial charge in [0, 0.05) is 35.3 Å². The Balaban J connectivity index is 2.08. The van der Waals surface area contributed by atoms with Crippen LogP contribution in [0, 0.1) is 0 Å². The molecule has 0 fully saturated rings. The number of aromatic nitrogens is 2. The molecule has 0 atom stereocenters. The van der Waals surface area contributed by atoms with Gasteiger partial charge in [0.05, 0.1) is 25.4 Å². The van der Waals surface area contributed by atoms with Crippen molar-refractivity contribution in [3.8, 4) is 22.8 Å². The first-order valence-corrected chi connectivity index (χ1v) is 10.0. The number of nitrogens with one attached hydrogen (secondary N) is 2. The number of allylic oxidation sites excluding steroid dienone is 3. The van der Waals surface area contributed by atoms with Crippen LogP contribution in [-0.2, 0) is 4.79 Å². The summed E-state index contributed by atoms with van der Waals surface area (Å²) in [7, 11) is 4.93. The first-order chi connectivity index (χ1) is 15.5. The Morgan fingerprint density at radius 3 is 2.50 bits per heavy atom. The molecular formula is C25H26N4O3. The van der Waals surface area contributed by atoms with Gasteiger partial charge in [0.25, 0.3) is 5.91 Å². The van der Waals surface area contributed by atoms with Gasteiger partial charge in [0.1, 0.15) is 0 Å². The van der Waals surface area contributed by atoms with Crippen LogP contribution in [0.15, 0.2) is 72.9 Å². The molecule has 0 aliphatic heterocycles. The normalized spacial score (nSPS) is 11.4. The van der Waals surface area contributed by atoms with E-state index in [1.54, 1.807) is 45.6 Å². The summed E-state index contributed by atoms with van der Waals surface area (Å²) in [5.74, 6) is 1.43. The SMILES string of the molecule is C=C/C=C\C(=C/C)C(=O)Nc1cccc(-c2nc(NC)nc3cc(OC)c(OC)cc23)c1. The van der Waals surface area contributed by atoms with Crippen molar-refractivity contribution in [2.24, 2.45) is 0 Å². The standard InChI is InChI=1S/C25H26N4O3/c1-6-8-10-16(7-2)24(30)27-18-12-9-11-17(13-18)23-19-14-21(31-4)22(32-5)15-20(19)28-25(26-3)29-23/h6-15H,1H2,2-5H3,(H,27,30)(H,26,28,29)/b10-8-,16-7+. The van der Waals surface area contributed by atoms with Gasteiger partial charge in [-0.2, -0.15) is 0 Å². The number of carbonyl (C=O) groups is 1. The van der Waals surface area contributed by atoms with Crippen molar-refractivity contribution in [1.82, 2.24) is 9.97 Å². The minimum absolute atomic E-state index is 0.211. The van der Waals surface area contributed by atoms with E-state index in [9.17, 15) is 4.79 Å². The number of nitrogens with zero attached hydrogens (tertiary/aromatic N) is 2. The number of benzene rings is 2. The minimum atomic E-state index is -0.211. The number of fused-ring (bicyclic) bond motifs is 1. The molecular weight excluding hydrogens is 404 g/mol. The highest BCUT2D eigenvalue weighted by atomic mass is 16.5. The lowest BCUT2D eigenvalue weighted by Crippen LogP contribution is -2.13. The van der Waals surface area contributed by atoms with Gasteiger partial charge >= 0.3 is 0 Å². The molecule has 1 amide bonds. The maximum Gasteiger partial charge on any atom is 0.255 e. The van der Waals surface area contributed by atoms with Gasteiger partial charge in [-0.25, -0.2) is 9.97 Å². The minimum Gasteiger partial charge on any atom is -0.493 e. The molecule has 0 saturated carbocycles. The summed E-state index contributed by atoms with van der Waals surface area (Å²) in [5, 5.41) is 6.73. The van der Waals surface area contributed by atoms with E-state index in [1.165, 1.54) is 0 Å². The van der Waals surface area contributed by atoms with Crippen LogP contribution in [0.5, 0.6) is 11.5 Å². The Kier molecular flexibility index (Phi) is 7.23. The summed E-state index contributed by atoms with van der Waals surface area (Å²) in [5.41, 5.74) is 3.42. The van der Waals surface area contributed by atoms with E-state index in [0.29, 0.717) is 39.9 Å². The Bertz CT molecular complexity index is 1220. The first kappa shape index (κ1) is 22.6. The van der Waals surface area contributed by atoms with Crippen molar-refractivity contribution >= 4 is 28.4 Å². The average Bonchev–Trinajstić information content (AvgIpc) is 2.82. The second kappa shape index (κ2) is 10.3. The van der Waals surface area contributed by atoms with Crippen molar-refractivity contribution < 1.29 is 14.3 Å². The first-order valence-electron chi connectivity index (χ1n) is 10.0. The van der Waals surface area contributed by atoms with E-state index in [4.69, 9.17) is 9.47 Å². The molecule has 0 bridgehead atoms. The largest absolute Gasteiger partial charge is 0.493 e. The van der Waals surface area contributed by atoms with Crippen LogP contribution in [0.1, 0.15) is 6.92 Å². The monoisotopic (exact) mass is 430 g/mol. The van der Waals surface area contributed by atoms with Gasteiger partial charge in [0.2, 0.25) is 5.95 Å². The molecule has 3 rings (SSSR count). The predicted molar refractivity (Wildman–Crippen MR) is 129 cm³/mol. The third-order valence-electron chi connectivity index (χ3n) is 4.80.